The van der Waals surface area contributed by atoms with E-state index in [1.165, 1.54) is 12.3 Å². The summed E-state index contributed by atoms with van der Waals surface area (Å²) in [7, 11) is 0. The minimum atomic E-state index is -0.544. The molecule has 0 aliphatic rings. The molecular formula is C8H7N3O2S. The van der Waals surface area contributed by atoms with Crippen molar-refractivity contribution >= 4 is 23.6 Å². The van der Waals surface area contributed by atoms with Gasteiger partial charge < -0.3 is 10.3 Å². The van der Waals surface area contributed by atoms with Crippen LogP contribution in [0.4, 0.5) is 11.4 Å². The first-order valence-corrected chi connectivity index (χ1v) is 4.11. The maximum absolute atomic E-state index is 10.6. The predicted molar refractivity (Wildman–Crippen MR) is 55.6 cm³/mol. The lowest BCUT2D eigenvalue weighted by atomic mass is 10.3. The number of hydrogen-bond acceptors (Lipinski definition) is 4. The monoisotopic (exact) mass is 209 g/mol. The highest BCUT2D eigenvalue weighted by molar-refractivity contribution is 7.71. The number of rotatable bonds is 3. The second-order valence-corrected chi connectivity index (χ2v) is 2.79. The van der Waals surface area contributed by atoms with E-state index < -0.39 is 4.92 Å². The van der Waals surface area contributed by atoms with Crippen molar-refractivity contribution in [1.29, 1.82) is 0 Å². The summed E-state index contributed by atoms with van der Waals surface area (Å²) in [6, 6.07) is 1.52. The minimum absolute atomic E-state index is 0.0806. The Morgan fingerprint density at radius 2 is 2.50 bits per heavy atom. The molecule has 1 rings (SSSR count). The standard InChI is InChI=1S/C8H7N3O2S/c1-2-4-9-6-3-5-10-8(14)7(6)11(12)13/h1,3,5H,4H2,(H2,9,10,14). The summed E-state index contributed by atoms with van der Waals surface area (Å²) < 4.78 is 0.0806. The SMILES string of the molecule is C#CCNc1cc[nH]c(=S)c1[N+](=O)[O-]. The number of H-pyrrole nitrogens is 1. The van der Waals surface area contributed by atoms with Gasteiger partial charge in [0.2, 0.25) is 0 Å². The second-order valence-electron chi connectivity index (χ2n) is 2.38. The molecule has 72 valence electrons. The van der Waals surface area contributed by atoms with Gasteiger partial charge in [-0.1, -0.05) is 18.1 Å². The Morgan fingerprint density at radius 3 is 3.07 bits per heavy atom. The van der Waals surface area contributed by atoms with E-state index in [0.717, 1.165) is 0 Å². The molecule has 5 nitrogen and oxygen atoms in total. The van der Waals surface area contributed by atoms with Crippen molar-refractivity contribution in [1.82, 2.24) is 4.98 Å². The number of nitro groups is 1. The summed E-state index contributed by atoms with van der Waals surface area (Å²) in [4.78, 5) is 12.7. The lowest BCUT2D eigenvalue weighted by molar-refractivity contribution is -0.384. The van der Waals surface area contributed by atoms with Gasteiger partial charge in [-0.3, -0.25) is 10.1 Å². The van der Waals surface area contributed by atoms with Crippen molar-refractivity contribution in [2.24, 2.45) is 0 Å². The van der Waals surface area contributed by atoms with Crippen LogP contribution >= 0.6 is 12.2 Å². The molecule has 0 aliphatic carbocycles. The van der Waals surface area contributed by atoms with Crippen molar-refractivity contribution in [3.05, 3.63) is 27.0 Å². The second kappa shape index (κ2) is 4.39. The minimum Gasteiger partial charge on any atom is -0.368 e. The molecule has 6 heteroatoms. The molecule has 2 N–H and O–H groups in total. The third kappa shape index (κ3) is 2.08. The summed E-state index contributed by atoms with van der Waals surface area (Å²) in [6.07, 6.45) is 6.55. The fourth-order valence-electron chi connectivity index (χ4n) is 0.940. The number of nitrogens with zero attached hydrogens (tertiary/aromatic N) is 1. The molecule has 0 unspecified atom stereocenters. The molecular weight excluding hydrogens is 202 g/mol. The van der Waals surface area contributed by atoms with Crippen LogP contribution in [0, 0.1) is 27.1 Å². The van der Waals surface area contributed by atoms with E-state index in [2.05, 4.69) is 16.2 Å². The molecule has 0 fully saturated rings. The van der Waals surface area contributed by atoms with Crippen LogP contribution in [0.3, 0.4) is 0 Å². The zero-order valence-electron chi connectivity index (χ0n) is 7.11. The molecule has 1 aromatic heterocycles. The number of aromatic amines is 1. The number of hydrogen-bond donors (Lipinski definition) is 2. The first-order valence-electron chi connectivity index (χ1n) is 3.70. The Morgan fingerprint density at radius 1 is 1.79 bits per heavy atom. The molecule has 0 saturated carbocycles. The summed E-state index contributed by atoms with van der Waals surface area (Å²) in [5.74, 6) is 2.32. The summed E-state index contributed by atoms with van der Waals surface area (Å²) in [6.45, 7) is 0.222. The van der Waals surface area contributed by atoms with Crippen LogP contribution in [0.25, 0.3) is 0 Å². The van der Waals surface area contributed by atoms with Crippen molar-refractivity contribution in [2.75, 3.05) is 11.9 Å². The fourth-order valence-corrected chi connectivity index (χ4v) is 1.19. The van der Waals surface area contributed by atoms with Gasteiger partial charge in [0.05, 0.1) is 11.5 Å². The Kier molecular flexibility index (Phi) is 3.20. The summed E-state index contributed by atoms with van der Waals surface area (Å²) >= 11 is 4.78. The van der Waals surface area contributed by atoms with Gasteiger partial charge >= 0.3 is 5.69 Å². The maximum Gasteiger partial charge on any atom is 0.326 e. The van der Waals surface area contributed by atoms with Crippen LogP contribution in [0.2, 0.25) is 0 Å². The Balaban J connectivity index is 3.16. The number of nitrogens with one attached hydrogen (secondary N) is 2. The number of anilines is 1. The number of pyridine rings is 1. The normalized spacial score (nSPS) is 9.07. The fraction of sp³-hybridized carbons (Fsp3) is 0.125. The van der Waals surface area contributed by atoms with Crippen molar-refractivity contribution < 1.29 is 4.92 Å². The average Bonchev–Trinajstić information content (AvgIpc) is 2.14. The molecule has 1 aromatic rings. The Hall–Kier alpha value is -1.87. The Labute approximate surface area is 85.3 Å². The van der Waals surface area contributed by atoms with E-state index in [4.69, 9.17) is 18.6 Å². The molecule has 0 atom stereocenters. The molecule has 0 bridgehead atoms. The number of aromatic nitrogens is 1. The van der Waals surface area contributed by atoms with E-state index in [9.17, 15) is 10.1 Å². The van der Waals surface area contributed by atoms with Gasteiger partial charge in [-0.25, -0.2) is 0 Å². The largest absolute Gasteiger partial charge is 0.368 e. The maximum atomic E-state index is 10.6. The van der Waals surface area contributed by atoms with Crippen molar-refractivity contribution in [3.63, 3.8) is 0 Å². The highest BCUT2D eigenvalue weighted by Gasteiger charge is 2.14. The molecule has 0 aliphatic heterocycles. The first-order chi connectivity index (χ1) is 6.66. The van der Waals surface area contributed by atoms with Gasteiger partial charge in [-0.15, -0.1) is 6.42 Å². The van der Waals surface area contributed by atoms with E-state index in [1.54, 1.807) is 0 Å². The van der Waals surface area contributed by atoms with E-state index in [-0.39, 0.29) is 16.9 Å². The van der Waals surface area contributed by atoms with Gasteiger partial charge in [0.15, 0.2) is 4.64 Å². The van der Waals surface area contributed by atoms with E-state index >= 15 is 0 Å². The molecule has 0 amide bonds. The third-order valence-electron chi connectivity index (χ3n) is 1.50. The topological polar surface area (TPSA) is 71.0 Å². The zero-order valence-corrected chi connectivity index (χ0v) is 7.93. The lowest BCUT2D eigenvalue weighted by Crippen LogP contribution is -2.03. The van der Waals surface area contributed by atoms with Crippen LogP contribution < -0.4 is 5.32 Å². The highest BCUT2D eigenvalue weighted by Crippen LogP contribution is 2.23. The van der Waals surface area contributed by atoms with Gasteiger partial charge in [0.1, 0.15) is 5.69 Å². The van der Waals surface area contributed by atoms with Crippen molar-refractivity contribution in [3.8, 4) is 12.3 Å². The van der Waals surface area contributed by atoms with Crippen LogP contribution in [0.1, 0.15) is 0 Å². The molecule has 1 heterocycles. The van der Waals surface area contributed by atoms with Crippen LogP contribution in [-0.2, 0) is 0 Å². The molecule has 0 radical (unpaired) electrons. The van der Waals surface area contributed by atoms with Gasteiger partial charge in [0.25, 0.3) is 0 Å². The van der Waals surface area contributed by atoms with E-state index in [0.29, 0.717) is 5.69 Å². The molecule has 0 spiro atoms. The van der Waals surface area contributed by atoms with Gasteiger partial charge in [-0.2, -0.15) is 0 Å². The highest BCUT2D eigenvalue weighted by atomic mass is 32.1. The van der Waals surface area contributed by atoms with Crippen LogP contribution in [0.15, 0.2) is 12.3 Å². The first kappa shape index (κ1) is 10.2. The zero-order chi connectivity index (χ0) is 10.6. The summed E-state index contributed by atoms with van der Waals surface area (Å²) in [5, 5.41) is 13.4. The molecule has 14 heavy (non-hydrogen) atoms. The number of terminal acetylenes is 1. The van der Waals surface area contributed by atoms with Gasteiger partial charge in [0, 0.05) is 6.20 Å². The van der Waals surface area contributed by atoms with Gasteiger partial charge in [-0.05, 0) is 6.07 Å². The Bertz CT molecular complexity index is 447. The average molecular weight is 209 g/mol. The predicted octanol–water partition coefficient (Wildman–Crippen LogP) is 1.70. The smallest absolute Gasteiger partial charge is 0.326 e. The van der Waals surface area contributed by atoms with Crippen molar-refractivity contribution in [2.45, 2.75) is 0 Å². The quantitative estimate of drug-likeness (QED) is 0.344. The van der Waals surface area contributed by atoms with Crippen LogP contribution in [-0.4, -0.2) is 16.5 Å². The molecule has 0 aromatic carbocycles. The lowest BCUT2D eigenvalue weighted by Gasteiger charge is -2.02. The summed E-state index contributed by atoms with van der Waals surface area (Å²) in [5.41, 5.74) is 0.175. The van der Waals surface area contributed by atoms with Crippen LogP contribution in [0.5, 0.6) is 0 Å². The van der Waals surface area contributed by atoms with E-state index in [1.807, 2.05) is 0 Å². The third-order valence-corrected chi connectivity index (χ3v) is 1.81. The molecule has 0 saturated heterocycles.